The number of amidine groups is 3. The molecule has 0 amide bonds. The highest BCUT2D eigenvalue weighted by molar-refractivity contribution is 6.12. The summed E-state index contributed by atoms with van der Waals surface area (Å²) in [5, 5.41) is 2.43. The second-order valence-corrected chi connectivity index (χ2v) is 16.5. The van der Waals surface area contributed by atoms with Crippen molar-refractivity contribution in [2.24, 2.45) is 30.0 Å². The summed E-state index contributed by atoms with van der Waals surface area (Å²) in [7, 11) is 0. The zero-order valence-electron chi connectivity index (χ0n) is 38.0. The molecule has 0 atom stereocenters. The van der Waals surface area contributed by atoms with Gasteiger partial charge in [0, 0.05) is 22.1 Å². The van der Waals surface area contributed by atoms with Crippen molar-refractivity contribution < 1.29 is 0 Å². The number of nitrogens with zero attached hydrogens (tertiary/aromatic N) is 6. The summed E-state index contributed by atoms with van der Waals surface area (Å²) in [4.78, 5) is 27.4. The maximum Gasteiger partial charge on any atom is 0.161 e. The van der Waals surface area contributed by atoms with Gasteiger partial charge in [-0.15, -0.1) is 0 Å². The van der Waals surface area contributed by atoms with Crippen molar-refractivity contribution in [2.75, 3.05) is 0 Å². The van der Waals surface area contributed by atoms with Crippen molar-refractivity contribution >= 4 is 48.4 Å². The topological polar surface area (TPSA) is 74.2 Å². The molecule has 0 bridgehead atoms. The third kappa shape index (κ3) is 12.3. The van der Waals surface area contributed by atoms with Crippen LogP contribution in [0.25, 0.3) is 10.8 Å². The molecular formula is C60H58N6. The highest BCUT2D eigenvalue weighted by Gasteiger charge is 2.35. The van der Waals surface area contributed by atoms with E-state index in [1.54, 1.807) is 0 Å². The van der Waals surface area contributed by atoms with Crippen molar-refractivity contribution in [1.29, 1.82) is 0 Å². The summed E-state index contributed by atoms with van der Waals surface area (Å²) in [6.07, 6.45) is 5.89. The minimum absolute atomic E-state index is 0.0564. The van der Waals surface area contributed by atoms with Crippen molar-refractivity contribution in [3.63, 3.8) is 0 Å². The van der Waals surface area contributed by atoms with Gasteiger partial charge in [0.05, 0.1) is 19.6 Å². The molecule has 0 radical (unpaired) electrons. The Labute approximate surface area is 391 Å². The molecule has 8 rings (SSSR count). The molecule has 66 heavy (non-hydrogen) atoms. The Balaban J connectivity index is 0.000000644. The van der Waals surface area contributed by atoms with E-state index in [1.807, 2.05) is 97.1 Å². The Morgan fingerprint density at radius 3 is 1.61 bits per heavy atom. The van der Waals surface area contributed by atoms with E-state index < -0.39 is 0 Å². The zero-order chi connectivity index (χ0) is 45.8. The SMILES string of the molecule is C=NC(=NCc1cccc2ccccc12)c1ccc(C2(c3ccc(CN=C(N=C(N=C)c4cccccc(C)ccc4)c4ccccc4)cc3)CCCCC2)cc1.C=NCc1ccccc1. The lowest BCUT2D eigenvalue weighted by Gasteiger charge is -2.39. The molecule has 1 aliphatic rings. The largest absolute Gasteiger partial charge is 0.296 e. The van der Waals surface area contributed by atoms with Gasteiger partial charge in [-0.25, -0.2) is 15.0 Å². The number of aryl methyl sites for hydroxylation is 1. The van der Waals surface area contributed by atoms with Crippen LogP contribution in [0.5, 0.6) is 0 Å². The average molecular weight is 863 g/mol. The summed E-state index contributed by atoms with van der Waals surface area (Å²) < 4.78 is 0. The van der Waals surface area contributed by atoms with Gasteiger partial charge in [0.25, 0.3) is 0 Å². The fraction of sp³-hybridized carbons (Fsp3) is 0.167. The van der Waals surface area contributed by atoms with Gasteiger partial charge in [0.1, 0.15) is 0 Å². The summed E-state index contributed by atoms with van der Waals surface area (Å²) in [6.45, 7) is 15.0. The molecule has 0 saturated heterocycles. The Kier molecular flexibility index (Phi) is 16.7. The Morgan fingerprint density at radius 1 is 0.439 bits per heavy atom. The lowest BCUT2D eigenvalue weighted by molar-refractivity contribution is 0.346. The molecule has 0 aromatic heterocycles. The van der Waals surface area contributed by atoms with Gasteiger partial charge < -0.3 is 0 Å². The number of fused-ring (bicyclic) bond motifs is 1. The smallest absolute Gasteiger partial charge is 0.161 e. The van der Waals surface area contributed by atoms with Gasteiger partial charge in [-0.3, -0.25) is 15.0 Å². The molecule has 0 unspecified atom stereocenters. The molecule has 6 nitrogen and oxygen atoms in total. The van der Waals surface area contributed by atoms with Crippen LogP contribution in [0.4, 0.5) is 0 Å². The number of aliphatic imine (C=N–C) groups is 6. The van der Waals surface area contributed by atoms with Crippen LogP contribution in [0.1, 0.15) is 82.2 Å². The molecule has 0 spiro atoms. The first kappa shape index (κ1) is 46.3. The molecule has 0 heterocycles. The molecule has 1 aliphatic carbocycles. The highest BCUT2D eigenvalue weighted by Crippen LogP contribution is 2.45. The average Bonchev–Trinajstić information content (AvgIpc) is 3.37. The van der Waals surface area contributed by atoms with Gasteiger partial charge >= 0.3 is 0 Å². The van der Waals surface area contributed by atoms with Crippen LogP contribution >= 0.6 is 0 Å². The zero-order valence-corrected chi connectivity index (χ0v) is 38.0. The number of benzene rings is 6. The van der Waals surface area contributed by atoms with E-state index in [2.05, 4.69) is 145 Å². The van der Waals surface area contributed by atoms with E-state index in [-0.39, 0.29) is 5.41 Å². The van der Waals surface area contributed by atoms with Crippen LogP contribution in [-0.4, -0.2) is 37.7 Å². The molecule has 0 aliphatic heterocycles. The minimum Gasteiger partial charge on any atom is -0.296 e. The standard InChI is InChI=1S/C52H49N5.C8H9N/c1-39-17-7-4-8-20-42(24-15-18-39)50(54-3)57-51(43-21-9-5-10-22-43)55-37-40-27-31-46(32-28-40)52(35-13-6-14-36-52)47-33-29-44(30-34-47)49(53-2)56-38-45-25-16-23-41-19-11-12-26-48(41)45;1-9-7-8-5-3-2-4-6-8/h4-5,7-12,15-34H,2-3,6,13-14,35-38H2,1H3;2-6H,1,7H2. The van der Waals surface area contributed by atoms with Crippen LogP contribution in [0.3, 0.4) is 0 Å². The summed E-state index contributed by atoms with van der Waals surface area (Å²) in [6, 6.07) is 69.0. The fourth-order valence-corrected chi connectivity index (χ4v) is 8.53. The molecule has 0 N–H and O–H groups in total. The van der Waals surface area contributed by atoms with Crippen molar-refractivity contribution in [3.05, 3.63) is 250 Å². The van der Waals surface area contributed by atoms with Crippen LogP contribution in [0.2, 0.25) is 0 Å². The molecular weight excluding hydrogens is 805 g/mol. The lowest BCUT2D eigenvalue weighted by atomic mass is 9.65. The van der Waals surface area contributed by atoms with Gasteiger partial charge in [0.15, 0.2) is 17.5 Å². The second-order valence-electron chi connectivity index (χ2n) is 16.5. The number of hydrogen-bond donors (Lipinski definition) is 0. The van der Waals surface area contributed by atoms with E-state index in [4.69, 9.17) is 15.0 Å². The van der Waals surface area contributed by atoms with Crippen LogP contribution in [-0.2, 0) is 25.0 Å². The van der Waals surface area contributed by atoms with Crippen LogP contribution < -0.4 is 0 Å². The predicted octanol–water partition coefficient (Wildman–Crippen LogP) is 14.2. The Morgan fingerprint density at radius 2 is 0.939 bits per heavy atom. The highest BCUT2D eigenvalue weighted by atomic mass is 15.0. The third-order valence-electron chi connectivity index (χ3n) is 12.0. The summed E-state index contributed by atoms with van der Waals surface area (Å²) in [5.41, 5.74) is 10.0. The lowest BCUT2D eigenvalue weighted by Crippen LogP contribution is -2.30. The Bertz CT molecular complexity index is 2850. The summed E-state index contributed by atoms with van der Waals surface area (Å²) in [5.74, 6) is 1.79. The van der Waals surface area contributed by atoms with Gasteiger partial charge in [0.2, 0.25) is 0 Å². The third-order valence-corrected chi connectivity index (χ3v) is 12.0. The molecule has 7 aromatic carbocycles. The molecule has 1 saturated carbocycles. The fourth-order valence-electron chi connectivity index (χ4n) is 8.53. The first-order chi connectivity index (χ1) is 32.5. The Hall–Kier alpha value is -7.70. The second kappa shape index (κ2) is 23.8. The van der Waals surface area contributed by atoms with Crippen molar-refractivity contribution in [2.45, 2.75) is 64.1 Å². The van der Waals surface area contributed by atoms with Gasteiger partial charge in [-0.1, -0.05) is 225 Å². The minimum atomic E-state index is -0.0564. The van der Waals surface area contributed by atoms with Crippen molar-refractivity contribution in [1.82, 2.24) is 0 Å². The number of rotatable bonds is 11. The van der Waals surface area contributed by atoms with E-state index in [1.165, 1.54) is 52.3 Å². The van der Waals surface area contributed by atoms with Crippen LogP contribution in [0.15, 0.2) is 230 Å². The molecule has 6 heteroatoms. The molecule has 7 aromatic rings. The van der Waals surface area contributed by atoms with Gasteiger partial charge in [-0.05, 0) is 78.5 Å². The van der Waals surface area contributed by atoms with Crippen molar-refractivity contribution in [3.8, 4) is 0 Å². The van der Waals surface area contributed by atoms with E-state index in [0.29, 0.717) is 30.6 Å². The normalized spacial score (nSPS) is 13.7. The predicted molar refractivity (Wildman–Crippen MR) is 282 cm³/mol. The van der Waals surface area contributed by atoms with Gasteiger partial charge in [-0.2, -0.15) is 0 Å². The first-order valence-electron chi connectivity index (χ1n) is 22.7. The van der Waals surface area contributed by atoms with E-state index >= 15 is 0 Å². The van der Waals surface area contributed by atoms with E-state index in [9.17, 15) is 0 Å². The maximum atomic E-state index is 5.06. The maximum absolute atomic E-state index is 5.06. The first-order valence-corrected chi connectivity index (χ1v) is 22.7. The summed E-state index contributed by atoms with van der Waals surface area (Å²) >= 11 is 0. The monoisotopic (exact) mass is 862 g/mol. The van der Waals surface area contributed by atoms with Crippen LogP contribution in [0, 0.1) is 6.92 Å². The molecule has 1 fully saturated rings. The number of hydrogen-bond acceptors (Lipinski definition) is 3. The molecule has 328 valence electrons. The van der Waals surface area contributed by atoms with E-state index in [0.717, 1.165) is 47.2 Å². The quantitative estimate of drug-likeness (QED) is 0.0918.